The van der Waals surface area contributed by atoms with Gasteiger partial charge in [0.05, 0.1) is 0 Å². The summed E-state index contributed by atoms with van der Waals surface area (Å²) in [5, 5.41) is 0. The summed E-state index contributed by atoms with van der Waals surface area (Å²) in [7, 11) is 6.90. The highest BCUT2D eigenvalue weighted by Crippen LogP contribution is 2.58. The van der Waals surface area contributed by atoms with Crippen molar-refractivity contribution in [2.75, 3.05) is 28.4 Å². The fourth-order valence-electron chi connectivity index (χ4n) is 4.29. The minimum Gasteiger partial charge on any atom is -0.356 e. The summed E-state index contributed by atoms with van der Waals surface area (Å²) < 4.78 is 22.2. The van der Waals surface area contributed by atoms with E-state index < -0.39 is 0 Å². The molecule has 2 aliphatic rings. The van der Waals surface area contributed by atoms with Crippen LogP contribution in [-0.2, 0) is 18.9 Å². The van der Waals surface area contributed by atoms with Crippen molar-refractivity contribution in [1.82, 2.24) is 0 Å². The van der Waals surface area contributed by atoms with Gasteiger partial charge < -0.3 is 18.9 Å². The van der Waals surface area contributed by atoms with Gasteiger partial charge in [0.1, 0.15) is 0 Å². The first-order valence-corrected chi connectivity index (χ1v) is 6.83. The zero-order valence-corrected chi connectivity index (χ0v) is 12.0. The highest BCUT2D eigenvalue weighted by atomic mass is 16.7. The third-order valence-electron chi connectivity index (χ3n) is 5.00. The average molecular weight is 258 g/mol. The van der Waals surface area contributed by atoms with Gasteiger partial charge in [-0.15, -0.1) is 0 Å². The molecule has 3 atom stereocenters. The number of fused-ring (bicyclic) bond motifs is 2. The lowest BCUT2D eigenvalue weighted by Crippen LogP contribution is -2.49. The standard InChI is InChI=1S/C14H26O4/c1-15-12(16-2)11-6-5-10-7-8-14(11,9-10)13(17-3)18-4/h10-13H,5-9H2,1-4H3/t10-,11-,14-/m0/s1. The third kappa shape index (κ3) is 2.20. The van der Waals surface area contributed by atoms with E-state index in [4.69, 9.17) is 18.9 Å². The molecule has 0 amide bonds. The molecule has 18 heavy (non-hydrogen) atoms. The van der Waals surface area contributed by atoms with E-state index in [0.29, 0.717) is 5.92 Å². The van der Waals surface area contributed by atoms with E-state index in [-0.39, 0.29) is 18.0 Å². The van der Waals surface area contributed by atoms with Crippen LogP contribution in [0.5, 0.6) is 0 Å². The quantitative estimate of drug-likeness (QED) is 0.686. The second kappa shape index (κ2) is 5.87. The van der Waals surface area contributed by atoms with Gasteiger partial charge >= 0.3 is 0 Å². The van der Waals surface area contributed by atoms with Crippen molar-refractivity contribution >= 4 is 0 Å². The first kappa shape index (κ1) is 14.3. The summed E-state index contributed by atoms with van der Waals surface area (Å²) in [6, 6.07) is 0. The molecule has 0 spiro atoms. The van der Waals surface area contributed by atoms with Crippen LogP contribution >= 0.6 is 0 Å². The van der Waals surface area contributed by atoms with Crippen LogP contribution in [0.15, 0.2) is 0 Å². The second-order valence-corrected chi connectivity index (χ2v) is 5.67. The average Bonchev–Trinajstić information content (AvgIpc) is 2.74. The molecule has 2 saturated carbocycles. The van der Waals surface area contributed by atoms with E-state index in [2.05, 4.69) is 0 Å². The van der Waals surface area contributed by atoms with E-state index in [1.54, 1.807) is 28.4 Å². The van der Waals surface area contributed by atoms with E-state index >= 15 is 0 Å². The van der Waals surface area contributed by atoms with Crippen molar-refractivity contribution in [3.8, 4) is 0 Å². The monoisotopic (exact) mass is 258 g/mol. The van der Waals surface area contributed by atoms with Gasteiger partial charge in [0.25, 0.3) is 0 Å². The SMILES string of the molecule is COC(OC)[C@@H]1CC[C@H]2CC[C@]1(C(OC)OC)C2. The third-order valence-corrected chi connectivity index (χ3v) is 5.00. The maximum atomic E-state index is 5.60. The molecule has 0 aromatic heterocycles. The molecule has 0 aliphatic heterocycles. The van der Waals surface area contributed by atoms with Crippen LogP contribution in [0.4, 0.5) is 0 Å². The van der Waals surface area contributed by atoms with E-state index in [1.807, 2.05) is 0 Å². The zero-order chi connectivity index (χ0) is 13.2. The summed E-state index contributed by atoms with van der Waals surface area (Å²) in [4.78, 5) is 0. The molecule has 0 saturated heterocycles. The first-order valence-electron chi connectivity index (χ1n) is 6.83. The molecule has 2 rings (SSSR count). The molecule has 0 unspecified atom stereocenters. The Morgan fingerprint density at radius 1 is 0.889 bits per heavy atom. The molecule has 0 heterocycles. The predicted octanol–water partition coefficient (Wildman–Crippen LogP) is 2.42. The molecular weight excluding hydrogens is 232 g/mol. The molecule has 0 radical (unpaired) electrons. The smallest absolute Gasteiger partial charge is 0.162 e. The van der Waals surface area contributed by atoms with Crippen molar-refractivity contribution in [3.05, 3.63) is 0 Å². The lowest BCUT2D eigenvalue weighted by Gasteiger charge is -2.47. The van der Waals surface area contributed by atoms with Crippen LogP contribution in [0.1, 0.15) is 32.1 Å². The van der Waals surface area contributed by atoms with Gasteiger partial charge in [0.15, 0.2) is 12.6 Å². The Bertz CT molecular complexity index is 261. The normalized spacial score (nSPS) is 35.7. The summed E-state index contributed by atoms with van der Waals surface area (Å²) in [5.74, 6) is 1.18. The number of hydrogen-bond donors (Lipinski definition) is 0. The number of methoxy groups -OCH3 is 4. The molecule has 0 aromatic rings. The lowest BCUT2D eigenvalue weighted by atomic mass is 9.66. The number of ether oxygens (including phenoxy) is 4. The molecule has 2 fully saturated rings. The number of hydrogen-bond acceptors (Lipinski definition) is 4. The second-order valence-electron chi connectivity index (χ2n) is 5.67. The zero-order valence-electron chi connectivity index (χ0n) is 12.0. The largest absolute Gasteiger partial charge is 0.356 e. The van der Waals surface area contributed by atoms with Gasteiger partial charge in [-0.1, -0.05) is 0 Å². The van der Waals surface area contributed by atoms with Crippen LogP contribution in [0.3, 0.4) is 0 Å². The fraction of sp³-hybridized carbons (Fsp3) is 1.00. The van der Waals surface area contributed by atoms with Crippen LogP contribution in [0, 0.1) is 17.3 Å². The summed E-state index contributed by atoms with van der Waals surface area (Å²) in [5.41, 5.74) is 0.0586. The van der Waals surface area contributed by atoms with Gasteiger partial charge in [-0.3, -0.25) is 0 Å². The van der Waals surface area contributed by atoms with Gasteiger partial charge in [0.2, 0.25) is 0 Å². The Morgan fingerprint density at radius 3 is 2.11 bits per heavy atom. The Hall–Kier alpha value is -0.160. The van der Waals surface area contributed by atoms with Crippen LogP contribution in [-0.4, -0.2) is 41.0 Å². The predicted molar refractivity (Wildman–Crippen MR) is 68.1 cm³/mol. The maximum Gasteiger partial charge on any atom is 0.162 e. The fourth-order valence-corrected chi connectivity index (χ4v) is 4.29. The van der Waals surface area contributed by atoms with Gasteiger partial charge in [0, 0.05) is 39.8 Å². The molecule has 2 aliphatic carbocycles. The first-order chi connectivity index (χ1) is 8.71. The van der Waals surface area contributed by atoms with E-state index in [9.17, 15) is 0 Å². The van der Waals surface area contributed by atoms with Crippen LogP contribution < -0.4 is 0 Å². The highest BCUT2D eigenvalue weighted by molar-refractivity contribution is 5.01. The van der Waals surface area contributed by atoms with Crippen molar-refractivity contribution < 1.29 is 18.9 Å². The lowest BCUT2D eigenvalue weighted by molar-refractivity contribution is -0.248. The van der Waals surface area contributed by atoms with Crippen molar-refractivity contribution in [3.63, 3.8) is 0 Å². The Balaban J connectivity index is 2.25. The summed E-state index contributed by atoms with van der Waals surface area (Å²) in [6.45, 7) is 0. The van der Waals surface area contributed by atoms with Crippen molar-refractivity contribution in [2.45, 2.75) is 44.7 Å². The highest BCUT2D eigenvalue weighted by Gasteiger charge is 2.56. The molecule has 0 N–H and O–H groups in total. The Labute approximate surface area is 110 Å². The van der Waals surface area contributed by atoms with E-state index in [0.717, 1.165) is 18.8 Å². The van der Waals surface area contributed by atoms with E-state index in [1.165, 1.54) is 19.3 Å². The minimum atomic E-state index is -0.156. The van der Waals surface area contributed by atoms with Gasteiger partial charge in [-0.2, -0.15) is 0 Å². The van der Waals surface area contributed by atoms with Gasteiger partial charge in [-0.25, -0.2) is 0 Å². The summed E-state index contributed by atoms with van der Waals surface area (Å²) in [6.07, 6.45) is 5.71. The molecule has 0 aromatic carbocycles. The Kier molecular flexibility index (Phi) is 4.64. The maximum absolute atomic E-state index is 5.60. The molecule has 4 nitrogen and oxygen atoms in total. The molecular formula is C14H26O4. The van der Waals surface area contributed by atoms with Crippen LogP contribution in [0.2, 0.25) is 0 Å². The molecule has 106 valence electrons. The Morgan fingerprint density at radius 2 is 1.56 bits per heavy atom. The topological polar surface area (TPSA) is 36.9 Å². The summed E-state index contributed by atoms with van der Waals surface area (Å²) >= 11 is 0. The van der Waals surface area contributed by atoms with Gasteiger partial charge in [-0.05, 0) is 38.0 Å². The molecule has 4 heteroatoms. The number of rotatable bonds is 6. The van der Waals surface area contributed by atoms with Crippen LogP contribution in [0.25, 0.3) is 0 Å². The van der Waals surface area contributed by atoms with Crippen molar-refractivity contribution in [2.24, 2.45) is 17.3 Å². The molecule has 2 bridgehead atoms. The minimum absolute atomic E-state index is 0.0586. The van der Waals surface area contributed by atoms with Crippen molar-refractivity contribution in [1.29, 1.82) is 0 Å².